The van der Waals surface area contributed by atoms with Crippen molar-refractivity contribution < 1.29 is 23.1 Å². The van der Waals surface area contributed by atoms with Crippen molar-refractivity contribution in [3.63, 3.8) is 0 Å². The van der Waals surface area contributed by atoms with E-state index in [4.69, 9.17) is 6.42 Å². The Hall–Kier alpha value is -4.19. The van der Waals surface area contributed by atoms with Gasteiger partial charge in [-0.25, -0.2) is 4.98 Å². The molecule has 180 valence electrons. The van der Waals surface area contributed by atoms with Crippen LogP contribution in [0.5, 0.6) is 5.75 Å². The van der Waals surface area contributed by atoms with Gasteiger partial charge in [-0.15, -0.1) is 6.42 Å². The fraction of sp³-hybridized carbons (Fsp3) is 0.269. The number of piperidine rings is 1. The molecule has 1 aromatic heterocycles. The zero-order valence-corrected chi connectivity index (χ0v) is 18.9. The summed E-state index contributed by atoms with van der Waals surface area (Å²) in [6, 6.07) is 15.3. The van der Waals surface area contributed by atoms with E-state index in [0.717, 1.165) is 5.56 Å². The Morgan fingerprint density at radius 3 is 2.66 bits per heavy atom. The Kier molecular flexibility index (Phi) is 7.41. The maximum absolute atomic E-state index is 13.3. The molecule has 2 aromatic carbocycles. The van der Waals surface area contributed by atoms with Crippen LogP contribution in [-0.2, 0) is 11.3 Å². The van der Waals surface area contributed by atoms with Crippen molar-refractivity contribution >= 4 is 17.6 Å². The molecule has 3 aromatic rings. The fourth-order valence-corrected chi connectivity index (χ4v) is 4.15. The number of hydrogen-bond donors (Lipinski definition) is 1. The van der Waals surface area contributed by atoms with Gasteiger partial charge in [-0.05, 0) is 25.0 Å². The standard InChI is InChI=1S/C26H24F2N4O3/c1-2-14-32-17-29-22(18-9-4-3-5-10-18)23(32)30-24(33)19-11-8-15-31(16-19)25(34)20-12-6-7-13-21(20)35-26(27)28/h1,3-7,9-10,12-13,17,19,26H,8,11,14-16H2,(H,30,33)/t19-/m0/s1. The molecule has 9 heteroatoms. The molecule has 1 atom stereocenters. The highest BCUT2D eigenvalue weighted by Crippen LogP contribution is 2.29. The quantitative estimate of drug-likeness (QED) is 0.515. The van der Waals surface area contributed by atoms with Crippen molar-refractivity contribution in [2.24, 2.45) is 5.92 Å². The smallest absolute Gasteiger partial charge is 0.387 e. The van der Waals surface area contributed by atoms with Crippen LogP contribution in [0.15, 0.2) is 60.9 Å². The van der Waals surface area contributed by atoms with Gasteiger partial charge in [0.15, 0.2) is 0 Å². The molecule has 0 radical (unpaired) electrons. The highest BCUT2D eigenvalue weighted by Gasteiger charge is 2.31. The lowest BCUT2D eigenvalue weighted by Crippen LogP contribution is -2.44. The van der Waals surface area contributed by atoms with E-state index in [1.165, 1.54) is 23.1 Å². The zero-order valence-electron chi connectivity index (χ0n) is 18.9. The molecule has 2 amide bonds. The predicted molar refractivity (Wildman–Crippen MR) is 127 cm³/mol. The van der Waals surface area contributed by atoms with Gasteiger partial charge >= 0.3 is 6.61 Å². The monoisotopic (exact) mass is 478 g/mol. The van der Waals surface area contributed by atoms with E-state index in [-0.39, 0.29) is 30.3 Å². The van der Waals surface area contributed by atoms with Gasteiger partial charge in [0, 0.05) is 18.7 Å². The van der Waals surface area contributed by atoms with Crippen molar-refractivity contribution in [2.45, 2.75) is 26.0 Å². The van der Waals surface area contributed by atoms with Crippen molar-refractivity contribution in [2.75, 3.05) is 18.4 Å². The van der Waals surface area contributed by atoms with E-state index in [9.17, 15) is 18.4 Å². The first-order chi connectivity index (χ1) is 17.0. The number of aromatic nitrogens is 2. The molecule has 7 nitrogen and oxygen atoms in total. The number of hydrogen-bond acceptors (Lipinski definition) is 4. The van der Waals surface area contributed by atoms with Crippen LogP contribution in [0.25, 0.3) is 11.3 Å². The number of halogens is 2. The maximum Gasteiger partial charge on any atom is 0.387 e. The van der Waals surface area contributed by atoms with Gasteiger partial charge in [0.25, 0.3) is 5.91 Å². The third-order valence-electron chi connectivity index (χ3n) is 5.80. The Morgan fingerprint density at radius 1 is 1.17 bits per heavy atom. The third kappa shape index (κ3) is 5.49. The molecule has 4 rings (SSSR count). The van der Waals surface area contributed by atoms with E-state index in [1.807, 2.05) is 30.3 Å². The largest absolute Gasteiger partial charge is 0.434 e. The van der Waals surface area contributed by atoms with Gasteiger partial charge in [0.2, 0.25) is 5.91 Å². The highest BCUT2D eigenvalue weighted by atomic mass is 19.3. The van der Waals surface area contributed by atoms with Gasteiger partial charge in [-0.1, -0.05) is 48.4 Å². The van der Waals surface area contributed by atoms with Gasteiger partial charge in [0.1, 0.15) is 17.3 Å². The van der Waals surface area contributed by atoms with Gasteiger partial charge in [0.05, 0.1) is 24.4 Å². The summed E-state index contributed by atoms with van der Waals surface area (Å²) < 4.78 is 31.7. The molecule has 0 bridgehead atoms. The number of para-hydroxylation sites is 1. The van der Waals surface area contributed by atoms with Crippen LogP contribution in [-0.4, -0.2) is 46.0 Å². The number of nitrogens with zero attached hydrogens (tertiary/aromatic N) is 3. The van der Waals surface area contributed by atoms with Crippen molar-refractivity contribution in [1.29, 1.82) is 0 Å². The summed E-state index contributed by atoms with van der Waals surface area (Å²) in [4.78, 5) is 32.3. The van der Waals surface area contributed by atoms with Crippen molar-refractivity contribution in [1.82, 2.24) is 14.5 Å². The molecule has 1 N–H and O–H groups in total. The number of imidazole rings is 1. The molecular formula is C26H24F2N4O3. The fourth-order valence-electron chi connectivity index (χ4n) is 4.15. The predicted octanol–water partition coefficient (Wildman–Crippen LogP) is 4.28. The van der Waals surface area contributed by atoms with Crippen molar-refractivity contribution in [3.05, 3.63) is 66.5 Å². The average molecular weight is 478 g/mol. The van der Waals surface area contributed by atoms with Gasteiger partial charge in [-0.3, -0.25) is 9.59 Å². The Morgan fingerprint density at radius 2 is 1.91 bits per heavy atom. The summed E-state index contributed by atoms with van der Waals surface area (Å²) in [5.41, 5.74) is 1.46. The first-order valence-electron chi connectivity index (χ1n) is 11.2. The number of carbonyl (C=O) groups excluding carboxylic acids is 2. The van der Waals surface area contributed by atoms with Crippen molar-refractivity contribution in [3.8, 4) is 29.4 Å². The van der Waals surface area contributed by atoms with Crippen LogP contribution in [0.1, 0.15) is 23.2 Å². The summed E-state index contributed by atoms with van der Waals surface area (Å²) in [7, 11) is 0. The third-order valence-corrected chi connectivity index (χ3v) is 5.80. The van der Waals surface area contributed by atoms with Gasteiger partial charge < -0.3 is 19.5 Å². The minimum atomic E-state index is -3.05. The number of alkyl halides is 2. The number of anilines is 1. The summed E-state index contributed by atoms with van der Waals surface area (Å²) in [6.07, 6.45) is 8.24. The van der Waals surface area contributed by atoms with Crippen LogP contribution in [0.3, 0.4) is 0 Å². The molecule has 0 aliphatic carbocycles. The topological polar surface area (TPSA) is 76.5 Å². The van der Waals surface area contributed by atoms with Crippen LogP contribution >= 0.6 is 0 Å². The number of likely N-dealkylation sites (tertiary alicyclic amines) is 1. The van der Waals surface area contributed by atoms with Crippen LogP contribution in [0.4, 0.5) is 14.6 Å². The number of rotatable bonds is 7. The lowest BCUT2D eigenvalue weighted by Gasteiger charge is -2.32. The second-order valence-corrected chi connectivity index (χ2v) is 8.09. The lowest BCUT2D eigenvalue weighted by molar-refractivity contribution is -0.121. The number of nitrogens with one attached hydrogen (secondary N) is 1. The molecule has 0 spiro atoms. The molecule has 0 saturated carbocycles. The zero-order chi connectivity index (χ0) is 24.8. The first kappa shape index (κ1) is 24.0. The highest BCUT2D eigenvalue weighted by molar-refractivity contribution is 5.98. The molecule has 1 aliphatic heterocycles. The Bertz CT molecular complexity index is 1240. The number of benzene rings is 2. The van der Waals surface area contributed by atoms with E-state index < -0.39 is 18.4 Å². The van der Waals surface area contributed by atoms with E-state index >= 15 is 0 Å². The molecule has 35 heavy (non-hydrogen) atoms. The number of ether oxygens (including phenoxy) is 1. The van der Waals surface area contributed by atoms with E-state index in [1.54, 1.807) is 17.0 Å². The minimum Gasteiger partial charge on any atom is -0.434 e. The molecule has 2 heterocycles. The molecule has 0 unspecified atom stereocenters. The Balaban J connectivity index is 1.52. The van der Waals surface area contributed by atoms with Crippen LogP contribution < -0.4 is 10.1 Å². The second-order valence-electron chi connectivity index (χ2n) is 8.09. The average Bonchev–Trinajstić information content (AvgIpc) is 3.26. The Labute approximate surface area is 201 Å². The van der Waals surface area contributed by atoms with Crippen LogP contribution in [0.2, 0.25) is 0 Å². The summed E-state index contributed by atoms with van der Waals surface area (Å²) in [6.45, 7) is -2.25. The number of amides is 2. The normalized spacial score (nSPS) is 15.5. The van der Waals surface area contributed by atoms with Gasteiger partial charge in [-0.2, -0.15) is 8.78 Å². The molecule has 1 fully saturated rings. The molecule has 1 saturated heterocycles. The summed E-state index contributed by atoms with van der Waals surface area (Å²) in [5, 5.41) is 2.95. The first-order valence-corrected chi connectivity index (χ1v) is 11.2. The van der Waals surface area contributed by atoms with E-state index in [0.29, 0.717) is 30.9 Å². The number of terminal acetylenes is 1. The summed E-state index contributed by atoms with van der Waals surface area (Å²) in [5.74, 6) is 1.63. The second kappa shape index (κ2) is 10.8. The minimum absolute atomic E-state index is 0.0346. The SMILES string of the molecule is C#CCn1cnc(-c2ccccc2)c1NC(=O)[C@H]1CCCN(C(=O)c2ccccc2OC(F)F)C1. The maximum atomic E-state index is 13.3. The van der Waals surface area contributed by atoms with E-state index in [2.05, 4.69) is 21.0 Å². The summed E-state index contributed by atoms with van der Waals surface area (Å²) >= 11 is 0. The molecule has 1 aliphatic rings. The molecular weight excluding hydrogens is 454 g/mol. The number of carbonyl (C=O) groups is 2. The lowest BCUT2D eigenvalue weighted by atomic mass is 9.96. The van der Waals surface area contributed by atoms with Crippen LogP contribution in [0, 0.1) is 18.3 Å².